The zero-order chi connectivity index (χ0) is 13.0. The molecule has 17 heavy (non-hydrogen) atoms. The first-order valence-corrected chi connectivity index (χ1v) is 5.59. The lowest BCUT2D eigenvalue weighted by atomic mass is 10.0. The second kappa shape index (κ2) is 5.68. The second-order valence-corrected chi connectivity index (χ2v) is 4.48. The van der Waals surface area contributed by atoms with E-state index in [4.69, 9.17) is 16.7 Å². The fraction of sp³-hybridized carbons (Fsp3) is 0.333. The van der Waals surface area contributed by atoms with Crippen molar-refractivity contribution in [1.82, 2.24) is 5.32 Å². The average molecular weight is 256 g/mol. The highest BCUT2D eigenvalue weighted by Gasteiger charge is 2.23. The Hall–Kier alpha value is -1.55. The Bertz CT molecular complexity index is 432. The van der Waals surface area contributed by atoms with Gasteiger partial charge in [-0.25, -0.2) is 4.79 Å². The minimum Gasteiger partial charge on any atom is -0.480 e. The zero-order valence-corrected chi connectivity index (χ0v) is 10.4. The molecule has 1 amide bonds. The quantitative estimate of drug-likeness (QED) is 0.867. The summed E-state index contributed by atoms with van der Waals surface area (Å²) in [5, 5.41) is 11.9. The number of nitrogens with one attached hydrogen (secondary N) is 1. The van der Waals surface area contributed by atoms with Crippen LogP contribution in [0, 0.1) is 5.92 Å². The molecule has 1 atom stereocenters. The molecule has 0 bridgehead atoms. The molecule has 0 saturated carbocycles. The highest BCUT2D eigenvalue weighted by atomic mass is 35.5. The molecule has 0 aliphatic heterocycles. The fourth-order valence-corrected chi connectivity index (χ4v) is 1.56. The normalized spacial score (nSPS) is 12.2. The van der Waals surface area contributed by atoms with Gasteiger partial charge in [0, 0.05) is 10.6 Å². The van der Waals surface area contributed by atoms with Crippen LogP contribution in [0.2, 0.25) is 5.02 Å². The second-order valence-electron chi connectivity index (χ2n) is 4.04. The highest BCUT2D eigenvalue weighted by molar-refractivity contribution is 6.30. The number of carboxylic acids is 1. The predicted octanol–water partition coefficient (Wildman–Crippen LogP) is 2.18. The summed E-state index contributed by atoms with van der Waals surface area (Å²) >= 11 is 5.75. The van der Waals surface area contributed by atoms with Gasteiger partial charge in [0.25, 0.3) is 5.91 Å². The number of amides is 1. The molecule has 0 aliphatic carbocycles. The zero-order valence-electron chi connectivity index (χ0n) is 9.61. The van der Waals surface area contributed by atoms with E-state index in [0.29, 0.717) is 10.6 Å². The maximum atomic E-state index is 11.8. The number of carbonyl (C=O) groups is 2. The van der Waals surface area contributed by atoms with Gasteiger partial charge in [0.15, 0.2) is 0 Å². The summed E-state index contributed by atoms with van der Waals surface area (Å²) in [5.74, 6) is -1.67. The third-order valence-corrected chi connectivity index (χ3v) is 2.54. The smallest absolute Gasteiger partial charge is 0.326 e. The Labute approximate surface area is 105 Å². The van der Waals surface area contributed by atoms with E-state index in [0.717, 1.165) is 0 Å². The topological polar surface area (TPSA) is 66.4 Å². The minimum atomic E-state index is -1.05. The van der Waals surface area contributed by atoms with E-state index in [1.165, 1.54) is 6.07 Å². The third kappa shape index (κ3) is 3.75. The lowest BCUT2D eigenvalue weighted by Gasteiger charge is -2.17. The first-order chi connectivity index (χ1) is 7.91. The van der Waals surface area contributed by atoms with Crippen molar-refractivity contribution in [2.24, 2.45) is 5.92 Å². The van der Waals surface area contributed by atoms with E-state index in [2.05, 4.69) is 5.32 Å². The van der Waals surface area contributed by atoms with Gasteiger partial charge in [0.1, 0.15) is 6.04 Å². The number of carboxylic acid groups (broad SMARTS) is 1. The SMILES string of the molecule is CC(C)[C@@H](NC(=O)c1cccc(Cl)c1)C(=O)O. The van der Waals surface area contributed by atoms with Crippen LogP contribution >= 0.6 is 11.6 Å². The summed E-state index contributed by atoms with van der Waals surface area (Å²) in [7, 11) is 0. The summed E-state index contributed by atoms with van der Waals surface area (Å²) in [6.45, 7) is 3.47. The van der Waals surface area contributed by atoms with Gasteiger partial charge < -0.3 is 10.4 Å². The molecule has 1 rings (SSSR count). The van der Waals surface area contributed by atoms with Gasteiger partial charge in [-0.1, -0.05) is 31.5 Å². The molecule has 4 nitrogen and oxygen atoms in total. The highest BCUT2D eigenvalue weighted by Crippen LogP contribution is 2.11. The number of halogens is 1. The van der Waals surface area contributed by atoms with Crippen LogP contribution in [0.3, 0.4) is 0 Å². The molecule has 0 spiro atoms. The summed E-state index contributed by atoms with van der Waals surface area (Å²) < 4.78 is 0. The molecule has 1 aromatic carbocycles. The van der Waals surface area contributed by atoms with Crippen molar-refractivity contribution in [2.75, 3.05) is 0 Å². The molecule has 1 aromatic rings. The first kappa shape index (κ1) is 13.5. The Kier molecular flexibility index (Phi) is 4.52. The minimum absolute atomic E-state index is 0.185. The Balaban J connectivity index is 2.81. The van der Waals surface area contributed by atoms with Crippen LogP contribution in [0.5, 0.6) is 0 Å². The average Bonchev–Trinajstić information content (AvgIpc) is 2.24. The van der Waals surface area contributed by atoms with Crippen LogP contribution in [0.1, 0.15) is 24.2 Å². The number of rotatable bonds is 4. The molecule has 0 unspecified atom stereocenters. The van der Waals surface area contributed by atoms with Gasteiger partial charge in [0.2, 0.25) is 0 Å². The van der Waals surface area contributed by atoms with Crippen molar-refractivity contribution in [3.8, 4) is 0 Å². The summed E-state index contributed by atoms with van der Waals surface area (Å²) in [6.07, 6.45) is 0. The Morgan fingerprint density at radius 1 is 1.35 bits per heavy atom. The lowest BCUT2D eigenvalue weighted by molar-refractivity contribution is -0.140. The number of benzene rings is 1. The van der Waals surface area contributed by atoms with Gasteiger partial charge in [-0.3, -0.25) is 4.79 Å². The van der Waals surface area contributed by atoms with Crippen LogP contribution in [0.4, 0.5) is 0 Å². The fourth-order valence-electron chi connectivity index (χ4n) is 1.37. The monoisotopic (exact) mass is 255 g/mol. The number of hydrogen-bond donors (Lipinski definition) is 2. The van der Waals surface area contributed by atoms with Crippen molar-refractivity contribution >= 4 is 23.5 Å². The van der Waals surface area contributed by atoms with E-state index < -0.39 is 17.9 Å². The van der Waals surface area contributed by atoms with Gasteiger partial charge in [-0.2, -0.15) is 0 Å². The van der Waals surface area contributed by atoms with Crippen LogP contribution in [0.15, 0.2) is 24.3 Å². The van der Waals surface area contributed by atoms with Gasteiger partial charge in [0.05, 0.1) is 0 Å². The molecule has 0 aliphatic rings. The third-order valence-electron chi connectivity index (χ3n) is 2.31. The summed E-state index contributed by atoms with van der Waals surface area (Å²) in [4.78, 5) is 22.7. The van der Waals surface area contributed by atoms with E-state index in [1.54, 1.807) is 32.0 Å². The largest absolute Gasteiger partial charge is 0.480 e. The molecule has 0 aromatic heterocycles. The van der Waals surface area contributed by atoms with Crippen LogP contribution in [-0.2, 0) is 4.79 Å². The maximum Gasteiger partial charge on any atom is 0.326 e. The molecule has 0 heterocycles. The Morgan fingerprint density at radius 3 is 2.47 bits per heavy atom. The number of aliphatic carboxylic acids is 1. The van der Waals surface area contributed by atoms with Crippen molar-refractivity contribution < 1.29 is 14.7 Å². The van der Waals surface area contributed by atoms with Gasteiger partial charge >= 0.3 is 5.97 Å². The van der Waals surface area contributed by atoms with E-state index >= 15 is 0 Å². The van der Waals surface area contributed by atoms with E-state index in [9.17, 15) is 9.59 Å². The molecule has 0 saturated heterocycles. The summed E-state index contributed by atoms with van der Waals surface area (Å²) in [5.41, 5.74) is 0.351. The van der Waals surface area contributed by atoms with Gasteiger partial charge in [-0.15, -0.1) is 0 Å². The number of carbonyl (C=O) groups excluding carboxylic acids is 1. The van der Waals surface area contributed by atoms with Crippen molar-refractivity contribution in [1.29, 1.82) is 0 Å². The van der Waals surface area contributed by atoms with Crippen LogP contribution in [0.25, 0.3) is 0 Å². The molecule has 92 valence electrons. The molecular weight excluding hydrogens is 242 g/mol. The molecule has 2 N–H and O–H groups in total. The predicted molar refractivity (Wildman–Crippen MR) is 65.2 cm³/mol. The molecule has 0 radical (unpaired) electrons. The Morgan fingerprint density at radius 2 is 2.00 bits per heavy atom. The first-order valence-electron chi connectivity index (χ1n) is 5.21. The van der Waals surface area contributed by atoms with Crippen molar-refractivity contribution in [3.05, 3.63) is 34.9 Å². The van der Waals surface area contributed by atoms with Crippen LogP contribution in [-0.4, -0.2) is 23.0 Å². The standard InChI is InChI=1S/C12H14ClNO3/c1-7(2)10(12(16)17)14-11(15)8-4-3-5-9(13)6-8/h3-7,10H,1-2H3,(H,14,15)(H,16,17)/t10-/m1/s1. The maximum absolute atomic E-state index is 11.8. The molecule has 0 fully saturated rings. The van der Waals surface area contributed by atoms with Crippen LogP contribution < -0.4 is 5.32 Å². The van der Waals surface area contributed by atoms with Crippen molar-refractivity contribution in [2.45, 2.75) is 19.9 Å². The molecule has 5 heteroatoms. The lowest BCUT2D eigenvalue weighted by Crippen LogP contribution is -2.44. The van der Waals surface area contributed by atoms with Crippen molar-refractivity contribution in [3.63, 3.8) is 0 Å². The summed E-state index contributed by atoms with van der Waals surface area (Å²) in [6, 6.07) is 5.47. The number of hydrogen-bond acceptors (Lipinski definition) is 2. The van der Waals surface area contributed by atoms with Gasteiger partial charge in [-0.05, 0) is 24.1 Å². The molecular formula is C12H14ClNO3. The van der Waals surface area contributed by atoms with E-state index in [1.807, 2.05) is 0 Å². The van der Waals surface area contributed by atoms with E-state index in [-0.39, 0.29) is 5.92 Å².